The summed E-state index contributed by atoms with van der Waals surface area (Å²) in [5, 5.41) is 8.92. The van der Waals surface area contributed by atoms with Crippen LogP contribution in [-0.4, -0.2) is 101 Å². The number of carbonyl (C=O) groups is 3. The first kappa shape index (κ1) is 37.0. The van der Waals surface area contributed by atoms with Crippen LogP contribution < -0.4 is 4.90 Å². The van der Waals surface area contributed by atoms with Crippen LogP contribution in [0.5, 0.6) is 0 Å². The highest BCUT2D eigenvalue weighted by Crippen LogP contribution is 2.63. The largest absolute Gasteiger partial charge is 0.460 e. The van der Waals surface area contributed by atoms with E-state index in [-0.39, 0.29) is 11.0 Å². The number of imide groups is 1. The molecule has 4 rings (SSSR count). The van der Waals surface area contributed by atoms with Crippen molar-refractivity contribution in [3.63, 3.8) is 0 Å². The van der Waals surface area contributed by atoms with E-state index in [4.69, 9.17) is 5.26 Å². The van der Waals surface area contributed by atoms with Crippen molar-refractivity contribution in [1.82, 2.24) is 4.90 Å². The standard InChI is InChI=1S/C23H11F18N4O3/c24-16(25,18(29,30)19(31,32)20(33,34)21(35,36)22(37,38)23(39,40)41)13(46)11-5-43-6-12-14(47)44(15(48)45(11,12)7-43)9-2-1-8(4-42)10(3-9)17(26,27)28/h1-3,11-12H,5-7H2/q+1. The average Bonchev–Trinajstić information content (AvgIpc) is 3.58. The van der Waals surface area contributed by atoms with E-state index in [9.17, 15) is 93.4 Å². The number of carbonyl (C=O) groups excluding carboxylic acids is 3. The maximum absolute atomic E-state index is 14.9. The van der Waals surface area contributed by atoms with Gasteiger partial charge in [0, 0.05) is 0 Å². The van der Waals surface area contributed by atoms with Gasteiger partial charge in [0.15, 0.2) is 12.1 Å². The van der Waals surface area contributed by atoms with Gasteiger partial charge in [0.05, 0.1) is 36.0 Å². The van der Waals surface area contributed by atoms with Crippen LogP contribution in [0.1, 0.15) is 11.1 Å². The van der Waals surface area contributed by atoms with Crippen LogP contribution in [0, 0.1) is 11.3 Å². The predicted octanol–water partition coefficient (Wildman–Crippen LogP) is 5.83. The van der Waals surface area contributed by atoms with E-state index in [1.807, 2.05) is 0 Å². The fraction of sp³-hybridized carbons (Fsp3) is 0.565. The molecule has 7 nitrogen and oxygen atoms in total. The van der Waals surface area contributed by atoms with E-state index in [1.165, 1.54) is 0 Å². The minimum absolute atomic E-state index is 0.0296. The number of benzene rings is 1. The van der Waals surface area contributed by atoms with E-state index >= 15 is 0 Å². The molecule has 4 atom stereocenters. The third-order valence-electron chi connectivity index (χ3n) is 8.09. The van der Waals surface area contributed by atoms with Gasteiger partial charge in [-0.1, -0.05) is 0 Å². The van der Waals surface area contributed by atoms with Gasteiger partial charge in [0.25, 0.3) is 11.7 Å². The van der Waals surface area contributed by atoms with Crippen LogP contribution in [0.15, 0.2) is 18.2 Å². The Morgan fingerprint density at radius 2 is 1.25 bits per heavy atom. The van der Waals surface area contributed by atoms with Gasteiger partial charge in [-0.2, -0.15) is 89.2 Å². The molecule has 0 aliphatic carbocycles. The highest BCUT2D eigenvalue weighted by molar-refractivity contribution is 6.19. The Kier molecular flexibility index (Phi) is 7.79. The Balaban J connectivity index is 1.77. The average molecular weight is 733 g/mol. The number of hydrogen-bond donors (Lipinski definition) is 0. The second-order valence-corrected chi connectivity index (χ2v) is 10.7. The van der Waals surface area contributed by atoms with Crippen LogP contribution in [0.2, 0.25) is 0 Å². The van der Waals surface area contributed by atoms with Crippen molar-refractivity contribution in [2.75, 3.05) is 24.7 Å². The molecule has 0 saturated carbocycles. The fourth-order valence-corrected chi connectivity index (χ4v) is 5.61. The minimum Gasteiger partial charge on any atom is -0.286 e. The summed E-state index contributed by atoms with van der Waals surface area (Å²) in [7, 11) is 0. The zero-order chi connectivity index (χ0) is 37.2. The van der Waals surface area contributed by atoms with Gasteiger partial charge < -0.3 is 0 Å². The molecule has 3 saturated heterocycles. The van der Waals surface area contributed by atoms with E-state index in [2.05, 4.69) is 0 Å². The molecular weight excluding hydrogens is 722 g/mol. The number of piperazine rings is 1. The van der Waals surface area contributed by atoms with Crippen LogP contribution in [0.4, 0.5) is 89.5 Å². The van der Waals surface area contributed by atoms with E-state index < -0.39 is 119 Å². The summed E-state index contributed by atoms with van der Waals surface area (Å²) in [6.45, 7) is -3.24. The maximum atomic E-state index is 14.9. The van der Waals surface area contributed by atoms with Crippen molar-refractivity contribution in [2.45, 2.75) is 60.0 Å². The summed E-state index contributed by atoms with van der Waals surface area (Å²) in [4.78, 5) is 39.8. The first-order valence-electron chi connectivity index (χ1n) is 12.3. The summed E-state index contributed by atoms with van der Waals surface area (Å²) in [5.41, 5.74) is -3.89. The molecule has 266 valence electrons. The molecule has 3 fully saturated rings. The van der Waals surface area contributed by atoms with Crippen molar-refractivity contribution >= 4 is 23.4 Å². The van der Waals surface area contributed by atoms with Crippen LogP contribution in [0.3, 0.4) is 0 Å². The number of fused-ring (bicyclic) bond motifs is 1. The monoisotopic (exact) mass is 733 g/mol. The SMILES string of the molecule is N#Cc1ccc(N2C(=O)C3CN4CC(C(=O)C(F)(F)C(F)(F)C(F)(F)C(F)(F)C(F)(F)C(F)(F)C(F)(F)F)[N+]3(C4)C2=O)cc1C(F)(F)F. The highest BCUT2D eigenvalue weighted by atomic mass is 19.4. The summed E-state index contributed by atoms with van der Waals surface area (Å²) in [6, 6.07) is -5.17. The zero-order valence-corrected chi connectivity index (χ0v) is 22.3. The van der Waals surface area contributed by atoms with Gasteiger partial charge in [-0.05, 0) is 18.2 Å². The van der Waals surface area contributed by atoms with Crippen LogP contribution in [0.25, 0.3) is 0 Å². The maximum Gasteiger partial charge on any atom is 0.460 e. The van der Waals surface area contributed by atoms with E-state index in [0.29, 0.717) is 17.0 Å². The molecule has 3 aliphatic heterocycles. The van der Waals surface area contributed by atoms with Gasteiger partial charge in [0.1, 0.15) is 6.67 Å². The fourth-order valence-electron chi connectivity index (χ4n) is 5.61. The highest BCUT2D eigenvalue weighted by Gasteiger charge is 2.94. The number of ketones is 1. The summed E-state index contributed by atoms with van der Waals surface area (Å²) < 4.78 is 244. The Morgan fingerprint density at radius 1 is 0.750 bits per heavy atom. The number of rotatable bonds is 8. The summed E-state index contributed by atoms with van der Waals surface area (Å²) in [5.74, 6) is -55.0. The lowest BCUT2D eigenvalue weighted by Crippen LogP contribution is -2.75. The van der Waals surface area contributed by atoms with Gasteiger partial charge in [0.2, 0.25) is 0 Å². The Hall–Kier alpha value is -3.82. The number of halogens is 18. The number of Topliss-reactive ketones (excluding diaryl/α,β-unsaturated/α-hetero) is 1. The number of alkyl halides is 18. The minimum atomic E-state index is -8.68. The van der Waals surface area contributed by atoms with Crippen LogP contribution in [-0.2, 0) is 15.8 Å². The Bertz CT molecular complexity index is 1610. The van der Waals surface area contributed by atoms with Gasteiger partial charge in [-0.15, -0.1) is 0 Å². The van der Waals surface area contributed by atoms with Gasteiger partial charge in [-0.25, -0.2) is 14.2 Å². The first-order chi connectivity index (χ1) is 21.3. The summed E-state index contributed by atoms with van der Waals surface area (Å²) in [6.07, 6.45) is -13.2. The third-order valence-corrected chi connectivity index (χ3v) is 8.09. The second-order valence-electron chi connectivity index (χ2n) is 10.7. The number of amides is 3. The topological polar surface area (TPSA) is 81.5 Å². The molecule has 2 bridgehead atoms. The predicted molar refractivity (Wildman–Crippen MR) is 114 cm³/mol. The molecule has 0 radical (unpaired) electrons. The third kappa shape index (κ3) is 4.35. The zero-order valence-electron chi connectivity index (χ0n) is 22.3. The Morgan fingerprint density at radius 3 is 1.73 bits per heavy atom. The van der Waals surface area contributed by atoms with Crippen molar-refractivity contribution < 1.29 is 97.9 Å². The van der Waals surface area contributed by atoms with Gasteiger partial charge >= 0.3 is 53.9 Å². The second kappa shape index (κ2) is 10.1. The number of hydrogen-bond acceptors (Lipinski definition) is 5. The normalized spacial score (nSPS) is 25.9. The first-order valence-corrected chi connectivity index (χ1v) is 12.3. The lowest BCUT2D eigenvalue weighted by molar-refractivity contribution is -0.853. The van der Waals surface area contributed by atoms with Crippen molar-refractivity contribution in [1.29, 1.82) is 5.26 Å². The molecule has 0 N–H and O–H groups in total. The smallest absolute Gasteiger partial charge is 0.286 e. The molecule has 3 aliphatic rings. The number of nitriles is 1. The lowest BCUT2D eigenvalue weighted by atomic mass is 9.87. The van der Waals surface area contributed by atoms with Crippen molar-refractivity contribution in [2.24, 2.45) is 0 Å². The molecule has 1 spiro atoms. The van der Waals surface area contributed by atoms with Crippen molar-refractivity contribution in [3.05, 3.63) is 29.3 Å². The molecule has 25 heteroatoms. The molecule has 3 amide bonds. The molecule has 3 heterocycles. The molecule has 48 heavy (non-hydrogen) atoms. The van der Waals surface area contributed by atoms with E-state index in [0.717, 1.165) is 6.07 Å². The number of anilines is 1. The summed E-state index contributed by atoms with van der Waals surface area (Å²) >= 11 is 0. The lowest BCUT2D eigenvalue weighted by Gasteiger charge is -2.42. The van der Waals surface area contributed by atoms with E-state index in [1.54, 1.807) is 0 Å². The Labute approximate surface area is 252 Å². The number of nitrogens with zero attached hydrogens (tertiary/aromatic N) is 4. The molecule has 4 unspecified atom stereocenters. The molecule has 0 aromatic heterocycles. The van der Waals surface area contributed by atoms with Gasteiger partial charge in [-0.3, -0.25) is 9.59 Å². The quantitative estimate of drug-likeness (QED) is 0.191. The van der Waals surface area contributed by atoms with Crippen molar-refractivity contribution in [3.8, 4) is 6.07 Å². The molecule has 1 aromatic carbocycles. The number of urea groups is 1. The number of quaternary nitrogens is 1. The molecular formula is C23H11F18N4O3+. The van der Waals surface area contributed by atoms with Crippen LogP contribution >= 0.6 is 0 Å². The molecule has 1 aromatic rings.